The fourth-order valence-electron chi connectivity index (χ4n) is 1.31. The Morgan fingerprint density at radius 2 is 2.29 bits per heavy atom. The zero-order valence-corrected chi connectivity index (χ0v) is 9.75. The molecule has 0 aromatic carbocycles. The first-order valence-corrected chi connectivity index (χ1v) is 5.44. The average Bonchev–Trinajstić information content (AvgIpc) is 2.53. The lowest BCUT2D eigenvalue weighted by molar-refractivity contribution is 0.396. The van der Waals surface area contributed by atoms with Gasteiger partial charge in [0.2, 0.25) is 0 Å². The molecule has 0 aliphatic carbocycles. The number of hydrogen-bond donors (Lipinski definition) is 1. The van der Waals surface area contributed by atoms with Gasteiger partial charge in [-0.15, -0.1) is 0 Å². The molecule has 1 aromatic rings. The third-order valence-corrected chi connectivity index (χ3v) is 2.37. The molecule has 1 rings (SSSR count). The standard InChI is InChI=1S/C10H18ClN3/c1-4-10(6-12-8(2)3)14-7-9(11)5-13-14/h5,7-8,10,12H,4,6H2,1-3H3. The van der Waals surface area contributed by atoms with E-state index in [0.717, 1.165) is 13.0 Å². The van der Waals surface area contributed by atoms with Gasteiger partial charge >= 0.3 is 0 Å². The predicted molar refractivity (Wildman–Crippen MR) is 59.7 cm³/mol. The van der Waals surface area contributed by atoms with Crippen molar-refractivity contribution in [3.8, 4) is 0 Å². The molecule has 0 amide bonds. The van der Waals surface area contributed by atoms with Gasteiger partial charge in [-0.25, -0.2) is 0 Å². The van der Waals surface area contributed by atoms with Crippen molar-refractivity contribution < 1.29 is 0 Å². The molecule has 0 saturated carbocycles. The molecular formula is C10H18ClN3. The molecule has 1 N–H and O–H groups in total. The largest absolute Gasteiger partial charge is 0.312 e. The van der Waals surface area contributed by atoms with Gasteiger partial charge in [-0.05, 0) is 6.42 Å². The molecule has 1 atom stereocenters. The predicted octanol–water partition coefficient (Wildman–Crippen LogP) is 2.49. The van der Waals surface area contributed by atoms with E-state index in [1.54, 1.807) is 6.20 Å². The molecule has 4 heteroatoms. The summed E-state index contributed by atoms with van der Waals surface area (Å²) in [5.41, 5.74) is 0. The normalized spacial score (nSPS) is 13.5. The first kappa shape index (κ1) is 11.5. The fourth-order valence-corrected chi connectivity index (χ4v) is 1.45. The summed E-state index contributed by atoms with van der Waals surface area (Å²) in [7, 11) is 0. The summed E-state index contributed by atoms with van der Waals surface area (Å²) in [5, 5.41) is 8.31. The van der Waals surface area contributed by atoms with Crippen LogP contribution in [0.2, 0.25) is 5.02 Å². The van der Waals surface area contributed by atoms with Crippen LogP contribution in [0.25, 0.3) is 0 Å². The van der Waals surface area contributed by atoms with E-state index in [-0.39, 0.29) is 0 Å². The van der Waals surface area contributed by atoms with Crippen LogP contribution in [-0.2, 0) is 0 Å². The van der Waals surface area contributed by atoms with Crippen LogP contribution in [0.15, 0.2) is 12.4 Å². The van der Waals surface area contributed by atoms with Crippen LogP contribution in [0.3, 0.4) is 0 Å². The van der Waals surface area contributed by atoms with Crippen LogP contribution in [0.4, 0.5) is 0 Å². The highest BCUT2D eigenvalue weighted by molar-refractivity contribution is 6.30. The lowest BCUT2D eigenvalue weighted by atomic mass is 10.2. The topological polar surface area (TPSA) is 29.9 Å². The van der Waals surface area contributed by atoms with E-state index < -0.39 is 0 Å². The zero-order chi connectivity index (χ0) is 10.6. The zero-order valence-electron chi connectivity index (χ0n) is 9.00. The summed E-state index contributed by atoms with van der Waals surface area (Å²) in [6.45, 7) is 7.38. The molecular weight excluding hydrogens is 198 g/mol. The Kier molecular flexibility index (Phi) is 4.42. The summed E-state index contributed by atoms with van der Waals surface area (Å²) in [4.78, 5) is 0. The van der Waals surface area contributed by atoms with Crippen LogP contribution in [-0.4, -0.2) is 22.4 Å². The minimum Gasteiger partial charge on any atom is -0.312 e. The van der Waals surface area contributed by atoms with Crippen molar-refractivity contribution in [2.75, 3.05) is 6.54 Å². The summed E-state index contributed by atoms with van der Waals surface area (Å²) in [6.07, 6.45) is 4.61. The van der Waals surface area contributed by atoms with Crippen LogP contribution >= 0.6 is 11.6 Å². The molecule has 0 bridgehead atoms. The lowest BCUT2D eigenvalue weighted by Gasteiger charge is -2.17. The summed E-state index contributed by atoms with van der Waals surface area (Å²) < 4.78 is 1.93. The molecule has 0 fully saturated rings. The molecule has 3 nitrogen and oxygen atoms in total. The van der Waals surface area contributed by atoms with Crippen LogP contribution in [0.5, 0.6) is 0 Å². The van der Waals surface area contributed by atoms with Gasteiger partial charge in [0, 0.05) is 18.8 Å². The highest BCUT2D eigenvalue weighted by Crippen LogP contribution is 2.13. The van der Waals surface area contributed by atoms with Crippen molar-refractivity contribution in [1.29, 1.82) is 0 Å². The SMILES string of the molecule is CCC(CNC(C)C)n1cc(Cl)cn1. The van der Waals surface area contributed by atoms with Gasteiger partial charge in [-0.2, -0.15) is 5.10 Å². The molecule has 1 aromatic heterocycles. The molecule has 0 aliphatic rings. The van der Waals surface area contributed by atoms with Gasteiger partial charge in [0.25, 0.3) is 0 Å². The Balaban J connectivity index is 2.54. The molecule has 0 saturated heterocycles. The number of nitrogens with one attached hydrogen (secondary N) is 1. The maximum atomic E-state index is 5.82. The maximum absolute atomic E-state index is 5.82. The van der Waals surface area contributed by atoms with Crippen molar-refractivity contribution in [1.82, 2.24) is 15.1 Å². The van der Waals surface area contributed by atoms with Crippen molar-refractivity contribution in [3.63, 3.8) is 0 Å². The van der Waals surface area contributed by atoms with E-state index in [2.05, 4.69) is 31.2 Å². The molecule has 0 spiro atoms. The second kappa shape index (κ2) is 5.37. The molecule has 80 valence electrons. The first-order valence-electron chi connectivity index (χ1n) is 5.06. The van der Waals surface area contributed by atoms with Gasteiger partial charge < -0.3 is 5.32 Å². The minimum absolute atomic E-state index is 0.393. The van der Waals surface area contributed by atoms with E-state index in [1.807, 2.05) is 10.9 Å². The first-order chi connectivity index (χ1) is 6.63. The van der Waals surface area contributed by atoms with E-state index in [9.17, 15) is 0 Å². The summed E-state index contributed by atoms with van der Waals surface area (Å²) in [6, 6.07) is 0.903. The third-order valence-electron chi connectivity index (χ3n) is 2.18. The number of halogens is 1. The number of hydrogen-bond acceptors (Lipinski definition) is 2. The Labute approximate surface area is 90.4 Å². The van der Waals surface area contributed by atoms with Crippen molar-refractivity contribution in [2.24, 2.45) is 0 Å². The van der Waals surface area contributed by atoms with Crippen molar-refractivity contribution >= 4 is 11.6 Å². The van der Waals surface area contributed by atoms with Gasteiger partial charge in [0.05, 0.1) is 17.3 Å². The highest BCUT2D eigenvalue weighted by Gasteiger charge is 2.09. The molecule has 1 unspecified atom stereocenters. The minimum atomic E-state index is 0.393. The van der Waals surface area contributed by atoms with E-state index in [4.69, 9.17) is 11.6 Å². The smallest absolute Gasteiger partial charge is 0.0785 e. The Morgan fingerprint density at radius 3 is 2.71 bits per heavy atom. The molecule has 14 heavy (non-hydrogen) atoms. The monoisotopic (exact) mass is 215 g/mol. The number of aromatic nitrogens is 2. The van der Waals surface area contributed by atoms with E-state index >= 15 is 0 Å². The maximum Gasteiger partial charge on any atom is 0.0785 e. The average molecular weight is 216 g/mol. The Bertz CT molecular complexity index is 270. The molecule has 0 radical (unpaired) electrons. The number of nitrogens with zero attached hydrogens (tertiary/aromatic N) is 2. The Morgan fingerprint density at radius 1 is 1.57 bits per heavy atom. The third kappa shape index (κ3) is 3.31. The van der Waals surface area contributed by atoms with Gasteiger partial charge in [0.15, 0.2) is 0 Å². The van der Waals surface area contributed by atoms with Gasteiger partial charge in [0.1, 0.15) is 0 Å². The van der Waals surface area contributed by atoms with Gasteiger partial charge in [-0.3, -0.25) is 4.68 Å². The fraction of sp³-hybridized carbons (Fsp3) is 0.700. The summed E-state index contributed by atoms with van der Waals surface area (Å²) in [5.74, 6) is 0. The second-order valence-electron chi connectivity index (χ2n) is 3.76. The highest BCUT2D eigenvalue weighted by atomic mass is 35.5. The molecule has 0 aliphatic heterocycles. The van der Waals surface area contributed by atoms with E-state index in [1.165, 1.54) is 0 Å². The van der Waals surface area contributed by atoms with Crippen molar-refractivity contribution in [2.45, 2.75) is 39.3 Å². The lowest BCUT2D eigenvalue weighted by Crippen LogP contribution is -2.30. The van der Waals surface area contributed by atoms with Crippen LogP contribution in [0, 0.1) is 0 Å². The van der Waals surface area contributed by atoms with Crippen LogP contribution in [0.1, 0.15) is 33.2 Å². The Hall–Kier alpha value is -0.540. The summed E-state index contributed by atoms with van der Waals surface area (Å²) >= 11 is 5.82. The molecule has 1 heterocycles. The van der Waals surface area contributed by atoms with Crippen molar-refractivity contribution in [3.05, 3.63) is 17.4 Å². The van der Waals surface area contributed by atoms with Crippen LogP contribution < -0.4 is 5.32 Å². The van der Waals surface area contributed by atoms with Gasteiger partial charge in [-0.1, -0.05) is 32.4 Å². The number of rotatable bonds is 5. The quantitative estimate of drug-likeness (QED) is 0.818. The van der Waals surface area contributed by atoms with E-state index in [0.29, 0.717) is 17.1 Å². The second-order valence-corrected chi connectivity index (χ2v) is 4.20.